The van der Waals surface area contributed by atoms with E-state index >= 15 is 0 Å². The van der Waals surface area contributed by atoms with Crippen molar-refractivity contribution in [3.05, 3.63) is 93.8 Å². The maximum atomic E-state index is 12.6. The van der Waals surface area contributed by atoms with Crippen molar-refractivity contribution in [3.8, 4) is 0 Å². The summed E-state index contributed by atoms with van der Waals surface area (Å²) in [4.78, 5) is 29.1. The van der Waals surface area contributed by atoms with Crippen molar-refractivity contribution in [1.82, 2.24) is 10.3 Å². The number of carbonyl (C=O) groups excluding carboxylic acids is 2. The SMILES string of the molecule is Cc1cc(C)c(NC(=O)c2ccnc(C(=O)NCc3ccccc3)c2)c(Cl)c1. The van der Waals surface area contributed by atoms with E-state index in [1.165, 1.54) is 12.3 Å². The molecule has 28 heavy (non-hydrogen) atoms. The number of carbonyl (C=O) groups is 2. The molecule has 142 valence electrons. The lowest BCUT2D eigenvalue weighted by molar-refractivity contribution is 0.0946. The molecule has 2 aromatic carbocycles. The first kappa shape index (κ1) is 19.6. The molecule has 6 heteroatoms. The first-order chi connectivity index (χ1) is 13.4. The van der Waals surface area contributed by atoms with Crippen LogP contribution in [0.4, 0.5) is 5.69 Å². The number of nitrogens with zero attached hydrogens (tertiary/aromatic N) is 1. The molecule has 2 amide bonds. The van der Waals surface area contributed by atoms with Gasteiger partial charge in [0.05, 0.1) is 10.7 Å². The maximum absolute atomic E-state index is 12.6. The molecule has 0 bridgehead atoms. The zero-order valence-electron chi connectivity index (χ0n) is 15.6. The monoisotopic (exact) mass is 393 g/mol. The predicted molar refractivity (Wildman–Crippen MR) is 111 cm³/mol. The Morgan fingerprint density at radius 1 is 1.00 bits per heavy atom. The van der Waals surface area contributed by atoms with Gasteiger partial charge in [-0.1, -0.05) is 48.0 Å². The lowest BCUT2D eigenvalue weighted by Gasteiger charge is -2.12. The van der Waals surface area contributed by atoms with Gasteiger partial charge in [0.2, 0.25) is 0 Å². The number of amides is 2. The van der Waals surface area contributed by atoms with E-state index in [2.05, 4.69) is 15.6 Å². The number of aryl methyl sites for hydroxylation is 2. The Balaban J connectivity index is 1.72. The minimum Gasteiger partial charge on any atom is -0.347 e. The quantitative estimate of drug-likeness (QED) is 0.668. The van der Waals surface area contributed by atoms with Crippen molar-refractivity contribution < 1.29 is 9.59 Å². The van der Waals surface area contributed by atoms with Gasteiger partial charge in [0.25, 0.3) is 11.8 Å². The summed E-state index contributed by atoms with van der Waals surface area (Å²) in [6.45, 7) is 4.20. The predicted octanol–water partition coefficient (Wildman–Crippen LogP) is 4.53. The highest BCUT2D eigenvalue weighted by molar-refractivity contribution is 6.34. The van der Waals surface area contributed by atoms with Crippen LogP contribution in [-0.4, -0.2) is 16.8 Å². The molecule has 0 fully saturated rings. The van der Waals surface area contributed by atoms with Crippen molar-refractivity contribution in [2.45, 2.75) is 20.4 Å². The Hall–Kier alpha value is -3.18. The fourth-order valence-electron chi connectivity index (χ4n) is 2.82. The van der Waals surface area contributed by atoms with Gasteiger partial charge in [-0.05, 0) is 48.7 Å². The van der Waals surface area contributed by atoms with E-state index in [0.717, 1.165) is 16.7 Å². The summed E-state index contributed by atoms with van der Waals surface area (Å²) < 4.78 is 0. The van der Waals surface area contributed by atoms with Crippen LogP contribution in [0.25, 0.3) is 0 Å². The van der Waals surface area contributed by atoms with Gasteiger partial charge in [-0.25, -0.2) is 0 Å². The molecule has 0 saturated carbocycles. The minimum absolute atomic E-state index is 0.176. The van der Waals surface area contributed by atoms with Gasteiger partial charge in [-0.2, -0.15) is 0 Å². The summed E-state index contributed by atoms with van der Waals surface area (Å²) in [6, 6.07) is 16.3. The number of nitrogens with one attached hydrogen (secondary N) is 2. The van der Waals surface area contributed by atoms with Crippen molar-refractivity contribution in [3.63, 3.8) is 0 Å². The molecule has 0 saturated heterocycles. The molecule has 0 aliphatic carbocycles. The molecule has 2 N–H and O–H groups in total. The van der Waals surface area contributed by atoms with Crippen LogP contribution < -0.4 is 10.6 Å². The number of benzene rings is 2. The van der Waals surface area contributed by atoms with Crippen molar-refractivity contribution in [2.75, 3.05) is 5.32 Å². The summed E-state index contributed by atoms with van der Waals surface area (Å²) in [5, 5.41) is 6.09. The Morgan fingerprint density at radius 2 is 1.75 bits per heavy atom. The molecule has 3 rings (SSSR count). The second-order valence-electron chi connectivity index (χ2n) is 6.49. The number of hydrogen-bond acceptors (Lipinski definition) is 3. The first-order valence-electron chi connectivity index (χ1n) is 8.80. The Labute approximate surface area is 168 Å². The van der Waals surface area contributed by atoms with Crippen LogP contribution in [0.1, 0.15) is 37.5 Å². The van der Waals surface area contributed by atoms with E-state index in [1.54, 1.807) is 12.1 Å². The number of halogens is 1. The maximum Gasteiger partial charge on any atom is 0.270 e. The number of rotatable bonds is 5. The third kappa shape index (κ3) is 4.75. The Bertz CT molecular complexity index is 996. The van der Waals surface area contributed by atoms with Gasteiger partial charge in [0.1, 0.15) is 5.69 Å². The van der Waals surface area contributed by atoms with Crippen LogP contribution in [-0.2, 0) is 6.54 Å². The van der Waals surface area contributed by atoms with Crippen molar-refractivity contribution in [1.29, 1.82) is 0 Å². The highest BCUT2D eigenvalue weighted by Crippen LogP contribution is 2.27. The molecule has 1 heterocycles. The first-order valence-corrected chi connectivity index (χ1v) is 9.18. The average Bonchev–Trinajstić information content (AvgIpc) is 2.69. The third-order valence-corrected chi connectivity index (χ3v) is 4.52. The average molecular weight is 394 g/mol. The fraction of sp³-hybridized carbons (Fsp3) is 0.136. The van der Waals surface area contributed by atoms with Crippen molar-refractivity contribution >= 4 is 29.1 Å². The molecular formula is C22H20ClN3O2. The molecule has 3 aromatic rings. The van der Waals surface area contributed by atoms with Crippen LogP contribution in [0.5, 0.6) is 0 Å². The van der Waals surface area contributed by atoms with Crippen LogP contribution in [0.15, 0.2) is 60.8 Å². The van der Waals surface area contributed by atoms with E-state index < -0.39 is 0 Å². The van der Waals surface area contributed by atoms with E-state index in [4.69, 9.17) is 11.6 Å². The van der Waals surface area contributed by atoms with E-state index in [1.807, 2.05) is 50.2 Å². The molecule has 0 atom stereocenters. The van der Waals surface area contributed by atoms with Crippen LogP contribution in [0.2, 0.25) is 5.02 Å². The molecule has 0 aliphatic heterocycles. The number of aromatic nitrogens is 1. The molecule has 0 aliphatic rings. The van der Waals surface area contributed by atoms with Crippen LogP contribution >= 0.6 is 11.6 Å². The van der Waals surface area contributed by atoms with E-state index in [0.29, 0.717) is 22.8 Å². The lowest BCUT2D eigenvalue weighted by Crippen LogP contribution is -2.24. The third-order valence-electron chi connectivity index (χ3n) is 4.22. The molecular weight excluding hydrogens is 374 g/mol. The molecule has 5 nitrogen and oxygen atoms in total. The van der Waals surface area contributed by atoms with Crippen LogP contribution in [0.3, 0.4) is 0 Å². The second kappa shape index (κ2) is 8.67. The molecule has 0 unspecified atom stereocenters. The molecule has 1 aromatic heterocycles. The fourth-order valence-corrected chi connectivity index (χ4v) is 3.19. The van der Waals surface area contributed by atoms with E-state index in [9.17, 15) is 9.59 Å². The zero-order chi connectivity index (χ0) is 20.1. The summed E-state index contributed by atoms with van der Waals surface area (Å²) in [5.41, 5.74) is 3.93. The number of anilines is 1. The van der Waals surface area contributed by atoms with Gasteiger partial charge >= 0.3 is 0 Å². The lowest BCUT2D eigenvalue weighted by atomic mass is 10.1. The molecule has 0 radical (unpaired) electrons. The number of pyridine rings is 1. The molecule has 0 spiro atoms. The van der Waals surface area contributed by atoms with Crippen molar-refractivity contribution in [2.24, 2.45) is 0 Å². The van der Waals surface area contributed by atoms with Gasteiger partial charge in [0, 0.05) is 18.3 Å². The number of hydrogen-bond donors (Lipinski definition) is 2. The summed E-state index contributed by atoms with van der Waals surface area (Å²) in [6.07, 6.45) is 1.44. The Kier molecular flexibility index (Phi) is 6.06. The zero-order valence-corrected chi connectivity index (χ0v) is 16.4. The summed E-state index contributed by atoms with van der Waals surface area (Å²) in [5.74, 6) is -0.698. The highest BCUT2D eigenvalue weighted by atomic mass is 35.5. The van der Waals surface area contributed by atoms with Crippen LogP contribution in [0, 0.1) is 13.8 Å². The van der Waals surface area contributed by atoms with E-state index in [-0.39, 0.29) is 17.5 Å². The Morgan fingerprint density at radius 3 is 2.46 bits per heavy atom. The van der Waals surface area contributed by atoms with Gasteiger partial charge < -0.3 is 10.6 Å². The van der Waals surface area contributed by atoms with Gasteiger partial charge in [-0.3, -0.25) is 14.6 Å². The normalized spacial score (nSPS) is 10.4. The second-order valence-corrected chi connectivity index (χ2v) is 6.90. The summed E-state index contributed by atoms with van der Waals surface area (Å²) >= 11 is 6.26. The largest absolute Gasteiger partial charge is 0.347 e. The standard InChI is InChI=1S/C22H20ClN3O2/c1-14-10-15(2)20(18(23)11-14)26-21(27)17-8-9-24-19(12-17)22(28)25-13-16-6-4-3-5-7-16/h3-12H,13H2,1-2H3,(H,25,28)(H,26,27). The highest BCUT2D eigenvalue weighted by Gasteiger charge is 2.14. The summed E-state index contributed by atoms with van der Waals surface area (Å²) in [7, 11) is 0. The minimum atomic E-state index is -0.353. The smallest absolute Gasteiger partial charge is 0.270 e. The van der Waals surface area contributed by atoms with Gasteiger partial charge in [0.15, 0.2) is 0 Å². The topological polar surface area (TPSA) is 71.1 Å². The van der Waals surface area contributed by atoms with Gasteiger partial charge in [-0.15, -0.1) is 0 Å².